The van der Waals surface area contributed by atoms with Crippen LogP contribution in [0.3, 0.4) is 0 Å². The first-order valence-corrected chi connectivity index (χ1v) is 6.71. The normalized spacial score (nSPS) is 16.8. The molecule has 6 heteroatoms. The Kier molecular flexibility index (Phi) is 3.57. The zero-order valence-electron chi connectivity index (χ0n) is 11.5. The lowest BCUT2D eigenvalue weighted by molar-refractivity contribution is -0.120. The summed E-state index contributed by atoms with van der Waals surface area (Å²) in [6.07, 6.45) is 0. The van der Waals surface area contributed by atoms with Crippen LogP contribution in [0, 0.1) is 0 Å². The number of amides is 4. The third kappa shape index (κ3) is 2.80. The number of rotatable bonds is 3. The molecule has 0 radical (unpaired) electrons. The molecule has 1 unspecified atom stereocenters. The summed E-state index contributed by atoms with van der Waals surface area (Å²) in [5.41, 5.74) is 1.83. The second-order valence-electron chi connectivity index (χ2n) is 4.84. The second kappa shape index (κ2) is 5.69. The lowest BCUT2D eigenvalue weighted by Crippen LogP contribution is -2.22. The molecule has 1 heterocycles. The fraction of sp³-hybridized carbons (Fsp3) is 0.0625. The molecule has 0 bridgehead atoms. The van der Waals surface area contributed by atoms with E-state index >= 15 is 0 Å². The molecule has 0 saturated carbocycles. The maximum atomic E-state index is 12.0. The lowest BCUT2D eigenvalue weighted by atomic mass is 10.1. The molecule has 3 rings (SSSR count). The van der Waals surface area contributed by atoms with Crippen molar-refractivity contribution in [3.63, 3.8) is 0 Å². The molecule has 4 amide bonds. The Bertz CT molecular complexity index is 726. The molecule has 1 saturated heterocycles. The van der Waals surface area contributed by atoms with E-state index in [1.807, 2.05) is 6.07 Å². The van der Waals surface area contributed by atoms with E-state index in [0.29, 0.717) is 16.8 Å². The summed E-state index contributed by atoms with van der Waals surface area (Å²) in [4.78, 5) is 34.7. The van der Waals surface area contributed by atoms with Crippen molar-refractivity contribution < 1.29 is 14.4 Å². The molecule has 6 nitrogen and oxygen atoms in total. The van der Waals surface area contributed by atoms with E-state index in [4.69, 9.17) is 0 Å². The Balaban J connectivity index is 1.71. The zero-order chi connectivity index (χ0) is 15.5. The summed E-state index contributed by atoms with van der Waals surface area (Å²) in [7, 11) is 0. The SMILES string of the molecule is O=C1NC(=O)C(c2ccc(NC(=O)c3ccccc3)cc2)N1. The van der Waals surface area contributed by atoms with Crippen molar-refractivity contribution in [1.29, 1.82) is 0 Å². The molecular formula is C16H13N3O3. The van der Waals surface area contributed by atoms with Crippen LogP contribution < -0.4 is 16.0 Å². The van der Waals surface area contributed by atoms with Crippen molar-refractivity contribution in [2.75, 3.05) is 5.32 Å². The zero-order valence-corrected chi connectivity index (χ0v) is 11.5. The number of carbonyl (C=O) groups is 3. The molecule has 2 aromatic carbocycles. The first-order valence-electron chi connectivity index (χ1n) is 6.71. The minimum atomic E-state index is -0.689. The van der Waals surface area contributed by atoms with Crippen molar-refractivity contribution >= 4 is 23.5 Å². The smallest absolute Gasteiger partial charge is 0.322 e. The van der Waals surface area contributed by atoms with Gasteiger partial charge in [0.1, 0.15) is 6.04 Å². The van der Waals surface area contributed by atoms with Crippen LogP contribution in [0.2, 0.25) is 0 Å². The lowest BCUT2D eigenvalue weighted by Gasteiger charge is -2.09. The van der Waals surface area contributed by atoms with Gasteiger partial charge in [0.15, 0.2) is 0 Å². The van der Waals surface area contributed by atoms with Gasteiger partial charge in [0.25, 0.3) is 11.8 Å². The van der Waals surface area contributed by atoms with Crippen LogP contribution in [0.4, 0.5) is 10.5 Å². The highest BCUT2D eigenvalue weighted by Crippen LogP contribution is 2.19. The van der Waals surface area contributed by atoms with E-state index in [2.05, 4.69) is 16.0 Å². The van der Waals surface area contributed by atoms with E-state index < -0.39 is 12.1 Å². The van der Waals surface area contributed by atoms with Gasteiger partial charge in [-0.05, 0) is 29.8 Å². The van der Waals surface area contributed by atoms with Crippen molar-refractivity contribution in [3.8, 4) is 0 Å². The minimum Gasteiger partial charge on any atom is -0.322 e. The third-order valence-corrected chi connectivity index (χ3v) is 3.31. The van der Waals surface area contributed by atoms with Crippen LogP contribution in [-0.2, 0) is 4.79 Å². The Morgan fingerprint density at radius 2 is 1.64 bits per heavy atom. The molecule has 1 fully saturated rings. The number of anilines is 1. The van der Waals surface area contributed by atoms with Crippen LogP contribution in [0.5, 0.6) is 0 Å². The summed E-state index contributed by atoms with van der Waals surface area (Å²) < 4.78 is 0. The first kappa shape index (κ1) is 13.8. The number of urea groups is 1. The van der Waals surface area contributed by atoms with Gasteiger partial charge in [0.2, 0.25) is 0 Å². The predicted molar refractivity (Wildman–Crippen MR) is 80.3 cm³/mol. The Morgan fingerprint density at radius 3 is 2.23 bits per heavy atom. The monoisotopic (exact) mass is 295 g/mol. The highest BCUT2D eigenvalue weighted by atomic mass is 16.2. The van der Waals surface area contributed by atoms with Gasteiger partial charge < -0.3 is 10.6 Å². The van der Waals surface area contributed by atoms with Crippen molar-refractivity contribution in [2.24, 2.45) is 0 Å². The molecule has 0 aromatic heterocycles. The molecule has 1 aliphatic rings. The largest absolute Gasteiger partial charge is 0.322 e. The van der Waals surface area contributed by atoms with Crippen LogP contribution in [-0.4, -0.2) is 17.8 Å². The summed E-state index contributed by atoms with van der Waals surface area (Å²) in [6, 6.07) is 14.4. The van der Waals surface area contributed by atoms with Crippen LogP contribution in [0.15, 0.2) is 54.6 Å². The summed E-state index contributed by atoms with van der Waals surface area (Å²) in [5, 5.41) is 7.46. The number of hydrogen-bond donors (Lipinski definition) is 3. The van der Waals surface area contributed by atoms with Crippen LogP contribution in [0.1, 0.15) is 22.0 Å². The summed E-state index contributed by atoms with van der Waals surface area (Å²) in [6.45, 7) is 0. The van der Waals surface area contributed by atoms with Crippen molar-refractivity contribution in [1.82, 2.24) is 10.6 Å². The van der Waals surface area contributed by atoms with Gasteiger partial charge in [-0.1, -0.05) is 30.3 Å². The highest BCUT2D eigenvalue weighted by Gasteiger charge is 2.30. The van der Waals surface area contributed by atoms with E-state index in [0.717, 1.165) is 0 Å². The fourth-order valence-corrected chi connectivity index (χ4v) is 2.20. The number of nitrogens with one attached hydrogen (secondary N) is 3. The molecule has 1 aliphatic heterocycles. The van der Waals surface area contributed by atoms with Gasteiger partial charge in [-0.3, -0.25) is 14.9 Å². The highest BCUT2D eigenvalue weighted by molar-refractivity contribution is 6.05. The first-order chi connectivity index (χ1) is 10.6. The van der Waals surface area contributed by atoms with Gasteiger partial charge >= 0.3 is 6.03 Å². The van der Waals surface area contributed by atoms with E-state index in [9.17, 15) is 14.4 Å². The van der Waals surface area contributed by atoms with Crippen LogP contribution in [0.25, 0.3) is 0 Å². The molecule has 0 spiro atoms. The fourth-order valence-electron chi connectivity index (χ4n) is 2.20. The number of benzene rings is 2. The van der Waals surface area contributed by atoms with E-state index in [1.54, 1.807) is 48.5 Å². The molecular weight excluding hydrogens is 282 g/mol. The van der Waals surface area contributed by atoms with Gasteiger partial charge in [0, 0.05) is 11.3 Å². The number of imide groups is 1. The number of hydrogen-bond acceptors (Lipinski definition) is 3. The van der Waals surface area contributed by atoms with E-state index in [-0.39, 0.29) is 11.8 Å². The Hall–Kier alpha value is -3.15. The Morgan fingerprint density at radius 1 is 0.955 bits per heavy atom. The Labute approximate surface area is 126 Å². The van der Waals surface area contributed by atoms with Gasteiger partial charge in [-0.25, -0.2) is 4.79 Å². The van der Waals surface area contributed by atoms with Crippen molar-refractivity contribution in [2.45, 2.75) is 6.04 Å². The maximum absolute atomic E-state index is 12.0. The molecule has 22 heavy (non-hydrogen) atoms. The van der Waals surface area contributed by atoms with Gasteiger partial charge in [0.05, 0.1) is 0 Å². The molecule has 2 aromatic rings. The average Bonchev–Trinajstić information content (AvgIpc) is 2.87. The third-order valence-electron chi connectivity index (χ3n) is 3.31. The molecule has 1 atom stereocenters. The topological polar surface area (TPSA) is 87.3 Å². The quantitative estimate of drug-likeness (QED) is 0.755. The standard InChI is InChI=1S/C16H13N3O3/c20-14(11-4-2-1-3-5-11)17-12-8-6-10(7-9-12)13-15(21)19-16(22)18-13/h1-9,13H,(H,17,20)(H2,18,19,21,22). The van der Waals surface area contributed by atoms with Crippen molar-refractivity contribution in [3.05, 3.63) is 65.7 Å². The summed E-state index contributed by atoms with van der Waals surface area (Å²) in [5.74, 6) is -0.591. The summed E-state index contributed by atoms with van der Waals surface area (Å²) >= 11 is 0. The molecule has 3 N–H and O–H groups in total. The minimum absolute atomic E-state index is 0.208. The maximum Gasteiger partial charge on any atom is 0.322 e. The van der Waals surface area contributed by atoms with Gasteiger partial charge in [-0.15, -0.1) is 0 Å². The van der Waals surface area contributed by atoms with E-state index in [1.165, 1.54) is 0 Å². The number of carbonyl (C=O) groups excluding carboxylic acids is 3. The second-order valence-corrected chi connectivity index (χ2v) is 4.84. The van der Waals surface area contributed by atoms with Crippen LogP contribution >= 0.6 is 0 Å². The molecule has 110 valence electrons. The molecule has 0 aliphatic carbocycles. The average molecular weight is 295 g/mol. The van der Waals surface area contributed by atoms with Gasteiger partial charge in [-0.2, -0.15) is 0 Å². The predicted octanol–water partition coefficient (Wildman–Crippen LogP) is 1.82.